The minimum atomic E-state index is -4.75. The van der Waals surface area contributed by atoms with Crippen LogP contribution in [0.25, 0.3) is 0 Å². The fourth-order valence-electron chi connectivity index (χ4n) is 5.21. The van der Waals surface area contributed by atoms with Crippen LogP contribution in [-0.2, 0) is 16.2 Å². The molecule has 0 spiro atoms. The topological polar surface area (TPSA) is 129 Å². The second-order valence-electron chi connectivity index (χ2n) is 11.0. The Kier molecular flexibility index (Phi) is 16.8. The van der Waals surface area contributed by atoms with Crippen LogP contribution in [0.5, 0.6) is 11.5 Å². The first-order valence-corrected chi connectivity index (χ1v) is 16.3. The fourth-order valence-corrected chi connectivity index (χ4v) is 6.00. The van der Waals surface area contributed by atoms with E-state index < -0.39 is 42.8 Å². The number of hydrogen-bond donors (Lipinski definition) is 4. The van der Waals surface area contributed by atoms with Crippen LogP contribution in [-0.4, -0.2) is 83.3 Å². The van der Waals surface area contributed by atoms with Crippen molar-refractivity contribution in [2.45, 2.75) is 109 Å². The van der Waals surface area contributed by atoms with E-state index in [0.29, 0.717) is 26.9 Å². The van der Waals surface area contributed by atoms with Crippen molar-refractivity contribution < 1.29 is 47.6 Å². The molecule has 2 rings (SSSR count). The number of nitrogens with one attached hydrogen (secondary N) is 1. The maximum absolute atomic E-state index is 13.8. The van der Waals surface area contributed by atoms with Crippen molar-refractivity contribution in [2.24, 2.45) is 0 Å². The number of alkyl halides is 3. The van der Waals surface area contributed by atoms with Gasteiger partial charge in [0.1, 0.15) is 18.8 Å². The van der Waals surface area contributed by atoms with E-state index in [0.717, 1.165) is 32.1 Å². The summed E-state index contributed by atoms with van der Waals surface area (Å²) < 4.78 is 53.3. The maximum Gasteiger partial charge on any atom is 0.406 e. The van der Waals surface area contributed by atoms with Crippen LogP contribution in [0.3, 0.4) is 0 Å². The van der Waals surface area contributed by atoms with Crippen molar-refractivity contribution in [1.29, 1.82) is 0 Å². The summed E-state index contributed by atoms with van der Waals surface area (Å²) in [5.74, 6) is -1.04. The van der Waals surface area contributed by atoms with Crippen molar-refractivity contribution in [3.63, 3.8) is 0 Å². The van der Waals surface area contributed by atoms with E-state index in [4.69, 9.17) is 14.6 Å². The number of aliphatic hydroxyl groups excluding tert-OH is 3. The lowest BCUT2D eigenvalue weighted by Crippen LogP contribution is -2.57. The molecule has 44 heavy (non-hydrogen) atoms. The van der Waals surface area contributed by atoms with Gasteiger partial charge in [-0.1, -0.05) is 58.3 Å². The third-order valence-electron chi connectivity index (χ3n) is 7.50. The molecule has 0 saturated heterocycles. The number of halogens is 4. The van der Waals surface area contributed by atoms with Gasteiger partial charge in [-0.15, -0.1) is 0 Å². The molecular weight excluding hydrogens is 696 g/mol. The second kappa shape index (κ2) is 19.4. The Morgan fingerprint density at radius 2 is 1.70 bits per heavy atom. The third-order valence-corrected chi connectivity index (χ3v) is 8.31. The molecule has 1 aliphatic rings. The number of nitrogens with zero attached hydrogens (tertiary/aromatic N) is 1. The monoisotopic (exact) mass is 742 g/mol. The van der Waals surface area contributed by atoms with Gasteiger partial charge in [0, 0.05) is 25.0 Å². The smallest absolute Gasteiger partial charge is 0.406 e. The minimum Gasteiger partial charge on any atom is -0.493 e. The molecule has 0 fully saturated rings. The van der Waals surface area contributed by atoms with Gasteiger partial charge < -0.3 is 35.0 Å². The quantitative estimate of drug-likeness (QED) is 0.116. The molecule has 0 bridgehead atoms. The lowest BCUT2D eigenvalue weighted by Gasteiger charge is -2.41. The van der Waals surface area contributed by atoms with Crippen molar-refractivity contribution in [2.75, 3.05) is 26.8 Å². The Hall–Kier alpha value is -2.10. The normalized spacial score (nSPS) is 18.5. The van der Waals surface area contributed by atoms with Gasteiger partial charge in [-0.25, -0.2) is 0 Å². The maximum atomic E-state index is 13.8. The number of methoxy groups -OCH3 is 1. The van der Waals surface area contributed by atoms with Crippen LogP contribution in [0.2, 0.25) is 0 Å². The number of aliphatic hydroxyl groups is 3. The largest absolute Gasteiger partial charge is 0.493 e. The van der Waals surface area contributed by atoms with E-state index in [2.05, 4.69) is 12.2 Å². The van der Waals surface area contributed by atoms with Crippen LogP contribution in [0.1, 0.15) is 83.1 Å². The molecule has 4 N–H and O–H groups in total. The molecule has 2 amide bonds. The molecule has 1 aromatic rings. The van der Waals surface area contributed by atoms with Gasteiger partial charge in [0.05, 0.1) is 29.9 Å². The minimum absolute atomic E-state index is 0.0164. The molecule has 0 unspecified atom stereocenters. The van der Waals surface area contributed by atoms with Gasteiger partial charge in [0.15, 0.2) is 11.5 Å². The number of benzene rings is 1. The number of carbonyl (C=O) groups is 2. The molecule has 1 aromatic carbocycles. The van der Waals surface area contributed by atoms with E-state index in [9.17, 15) is 33.0 Å². The number of unbranched alkanes of at least 4 members (excludes halogenated alkanes) is 8. The van der Waals surface area contributed by atoms with Gasteiger partial charge in [0.25, 0.3) is 0 Å². The highest BCUT2D eigenvalue weighted by molar-refractivity contribution is 14.1. The molecule has 0 aromatic heterocycles. The van der Waals surface area contributed by atoms with Crippen molar-refractivity contribution in [1.82, 2.24) is 10.2 Å². The van der Waals surface area contributed by atoms with Gasteiger partial charge >= 0.3 is 6.18 Å². The molecule has 0 heterocycles. The first-order chi connectivity index (χ1) is 20.9. The average molecular weight is 743 g/mol. The Morgan fingerprint density at radius 3 is 2.27 bits per heavy atom. The number of hydrogen-bond acceptors (Lipinski definition) is 7. The summed E-state index contributed by atoms with van der Waals surface area (Å²) in [7, 11) is 1.37. The molecule has 250 valence electrons. The first kappa shape index (κ1) is 38.1. The Bertz CT molecular complexity index is 1090. The van der Waals surface area contributed by atoms with E-state index >= 15 is 0 Å². The molecule has 9 nitrogen and oxygen atoms in total. The molecule has 0 radical (unpaired) electrons. The SMILES string of the molecule is CCCCCCCCCCCC(=O)N(CC(F)(F)F)[C@@H]1CC(C(=O)NCCO)=C[C@H](Oc2c(I)cc(CO)cc2OC)[C@H]1O. The van der Waals surface area contributed by atoms with E-state index in [1.165, 1.54) is 32.1 Å². The highest BCUT2D eigenvalue weighted by Gasteiger charge is 2.44. The van der Waals surface area contributed by atoms with Crippen molar-refractivity contribution in [3.8, 4) is 11.5 Å². The lowest BCUT2D eigenvalue weighted by atomic mass is 9.87. The Morgan fingerprint density at radius 1 is 1.07 bits per heavy atom. The van der Waals surface area contributed by atoms with Gasteiger partial charge in [-0.2, -0.15) is 13.2 Å². The van der Waals surface area contributed by atoms with E-state index in [1.807, 2.05) is 22.6 Å². The molecule has 13 heteroatoms. The predicted molar refractivity (Wildman–Crippen MR) is 168 cm³/mol. The number of amides is 2. The van der Waals surface area contributed by atoms with Crippen LogP contribution in [0.15, 0.2) is 23.8 Å². The lowest BCUT2D eigenvalue weighted by molar-refractivity contribution is -0.172. The fraction of sp³-hybridized carbons (Fsp3) is 0.677. The summed E-state index contributed by atoms with van der Waals surface area (Å²) >= 11 is 1.94. The zero-order valence-electron chi connectivity index (χ0n) is 25.5. The summed E-state index contributed by atoms with van der Waals surface area (Å²) in [6, 6.07) is 1.73. The summed E-state index contributed by atoms with van der Waals surface area (Å²) in [6.45, 7) is -0.155. The van der Waals surface area contributed by atoms with Crippen LogP contribution >= 0.6 is 22.6 Å². The van der Waals surface area contributed by atoms with Gasteiger partial charge in [0.2, 0.25) is 11.8 Å². The summed E-state index contributed by atoms with van der Waals surface area (Å²) in [4.78, 5) is 26.8. The second-order valence-corrected chi connectivity index (χ2v) is 12.2. The zero-order chi connectivity index (χ0) is 32.7. The van der Waals surface area contributed by atoms with Crippen LogP contribution in [0, 0.1) is 3.57 Å². The van der Waals surface area contributed by atoms with Crippen LogP contribution < -0.4 is 14.8 Å². The summed E-state index contributed by atoms with van der Waals surface area (Å²) in [6.07, 6.45) is 1.97. The van der Waals surface area contributed by atoms with Gasteiger partial charge in [-0.3, -0.25) is 9.59 Å². The first-order valence-electron chi connectivity index (χ1n) is 15.2. The Labute approximate surface area is 271 Å². The van der Waals surface area contributed by atoms with Crippen molar-refractivity contribution >= 4 is 34.4 Å². The summed E-state index contributed by atoms with van der Waals surface area (Å²) in [5.41, 5.74) is 0.543. The highest BCUT2D eigenvalue weighted by atomic mass is 127. The average Bonchev–Trinajstić information content (AvgIpc) is 2.98. The third kappa shape index (κ3) is 12.4. The number of ether oxygens (including phenoxy) is 2. The van der Waals surface area contributed by atoms with Crippen molar-refractivity contribution in [3.05, 3.63) is 32.9 Å². The molecule has 0 saturated carbocycles. The predicted octanol–water partition coefficient (Wildman–Crippen LogP) is 5.02. The number of rotatable bonds is 19. The highest BCUT2D eigenvalue weighted by Crippen LogP contribution is 2.37. The molecule has 3 atom stereocenters. The summed E-state index contributed by atoms with van der Waals surface area (Å²) in [5, 5.41) is 32.6. The number of carbonyl (C=O) groups excluding carboxylic acids is 2. The van der Waals surface area contributed by atoms with Crippen LogP contribution in [0.4, 0.5) is 13.2 Å². The molecule has 0 aliphatic heterocycles. The standard InChI is InChI=1S/C31H46F3IN2O7/c1-3-4-5-6-7-8-9-10-11-12-27(40)37(20-31(32,33)34)24-17-22(30(42)36-13-14-38)18-25(28(24)41)44-29-23(35)15-21(19-39)16-26(29)43-2/h15-16,18,24-25,28,38-39,41H,3-14,17,19-20H2,1-2H3,(H,36,42)/t24-,25+,28+/m1/s1. The molecular formula is C31H46F3IN2O7. The Balaban J connectivity index is 2.29. The zero-order valence-corrected chi connectivity index (χ0v) is 27.7. The van der Waals surface area contributed by atoms with E-state index in [1.54, 1.807) is 6.07 Å². The van der Waals surface area contributed by atoms with E-state index in [-0.39, 0.29) is 49.7 Å². The van der Waals surface area contributed by atoms with Gasteiger partial charge in [-0.05, 0) is 52.8 Å². The molecule has 1 aliphatic carbocycles.